The van der Waals surface area contributed by atoms with Crippen LogP contribution >= 0.6 is 0 Å². The van der Waals surface area contributed by atoms with Crippen molar-refractivity contribution in [3.63, 3.8) is 0 Å². The molecule has 0 bridgehead atoms. The van der Waals surface area contributed by atoms with Crippen molar-refractivity contribution in [2.45, 2.75) is 45.4 Å². The molecule has 0 saturated heterocycles. The minimum absolute atomic E-state index is 0. The molecule has 2 atom stereocenters. The number of hydrogen-bond donors (Lipinski definition) is 1. The molecule has 170 valence electrons. The fourth-order valence-corrected chi connectivity index (χ4v) is 3.31. The second-order valence-electron chi connectivity index (χ2n) is 7.94. The predicted molar refractivity (Wildman–Crippen MR) is 116 cm³/mol. The Hall–Kier alpha value is -2.57. The Kier molecular flexibility index (Phi) is 11.1. The quantitative estimate of drug-likeness (QED) is 0.495. The first-order valence-corrected chi connectivity index (χ1v) is 10.2. The molecule has 6 nitrogen and oxygen atoms in total. The summed E-state index contributed by atoms with van der Waals surface area (Å²) in [5.41, 5.74) is 5.98. The Morgan fingerprint density at radius 3 is 2.16 bits per heavy atom. The van der Waals surface area contributed by atoms with E-state index in [4.69, 9.17) is 9.47 Å². The first-order valence-electron chi connectivity index (χ1n) is 10.2. The van der Waals surface area contributed by atoms with E-state index in [-0.39, 0.29) is 18.3 Å². The zero-order chi connectivity index (χ0) is 22.1. The highest BCUT2D eigenvalue weighted by atomic mass is 35.5. The van der Waals surface area contributed by atoms with Gasteiger partial charge < -0.3 is 32.5 Å². The van der Waals surface area contributed by atoms with E-state index in [0.717, 1.165) is 16.9 Å². The number of carbonyl (C=O) groups excluding carboxylic acids is 2. The van der Waals surface area contributed by atoms with E-state index in [1.807, 2.05) is 68.4 Å². The van der Waals surface area contributed by atoms with E-state index in [9.17, 15) is 9.59 Å². The molecule has 0 saturated carbocycles. The number of methoxy groups -OCH3 is 1. The third kappa shape index (κ3) is 8.23. The van der Waals surface area contributed by atoms with E-state index in [1.54, 1.807) is 7.05 Å². The maximum absolute atomic E-state index is 12.7. The van der Waals surface area contributed by atoms with Gasteiger partial charge in [0.25, 0.3) is 5.91 Å². The molecule has 0 aliphatic rings. The minimum atomic E-state index is -0.699. The molecular formula is C24H33ClN2O4. The van der Waals surface area contributed by atoms with Crippen molar-refractivity contribution in [1.82, 2.24) is 4.90 Å². The maximum atomic E-state index is 12.7. The number of likely N-dealkylation sites (N-methyl/N-ethyl adjacent to an activating group) is 1. The summed E-state index contributed by atoms with van der Waals surface area (Å²) in [6, 6.07) is 16.4. The molecule has 7 heteroatoms. The molecule has 0 unspecified atom stereocenters. The second kappa shape index (κ2) is 13.0. The monoisotopic (exact) mass is 448 g/mol. The van der Waals surface area contributed by atoms with E-state index < -0.39 is 18.1 Å². The summed E-state index contributed by atoms with van der Waals surface area (Å²) >= 11 is 0. The van der Waals surface area contributed by atoms with Gasteiger partial charge in [0.2, 0.25) is 0 Å². The zero-order valence-electron chi connectivity index (χ0n) is 18.7. The van der Waals surface area contributed by atoms with Gasteiger partial charge in [0.05, 0.1) is 7.11 Å². The molecule has 0 radical (unpaired) electrons. The summed E-state index contributed by atoms with van der Waals surface area (Å²) in [4.78, 5) is 26.6. The van der Waals surface area contributed by atoms with Crippen LogP contribution in [0.25, 0.3) is 0 Å². The number of quaternary nitrogens is 1. The summed E-state index contributed by atoms with van der Waals surface area (Å²) < 4.78 is 10.8. The smallest absolute Gasteiger partial charge is 0.328 e. The van der Waals surface area contributed by atoms with Gasteiger partial charge in [0, 0.05) is 19.9 Å². The summed E-state index contributed by atoms with van der Waals surface area (Å²) in [6.07, 6.45) is 1.03. The van der Waals surface area contributed by atoms with E-state index in [0.29, 0.717) is 25.4 Å². The van der Waals surface area contributed by atoms with Gasteiger partial charge in [-0.15, -0.1) is 0 Å². The molecule has 0 aliphatic heterocycles. The van der Waals surface area contributed by atoms with Crippen molar-refractivity contribution in [1.29, 1.82) is 0 Å². The SMILES string of the molecule is COC(=O)[C@H](Cc1ccc(OCc2ccccc2)cc1)N(C)C(=O)[C@@H]([NH3+])CC(C)C.[Cl-]. The largest absolute Gasteiger partial charge is 1.00 e. The number of ether oxygens (including phenoxy) is 2. The normalized spacial score (nSPS) is 12.5. The summed E-state index contributed by atoms with van der Waals surface area (Å²) in [7, 11) is 2.98. The molecule has 31 heavy (non-hydrogen) atoms. The Morgan fingerprint density at radius 1 is 1.00 bits per heavy atom. The Bertz CT molecular complexity index is 812. The number of benzene rings is 2. The molecule has 0 aliphatic carbocycles. The average Bonchev–Trinajstić information content (AvgIpc) is 2.75. The van der Waals surface area contributed by atoms with Crippen LogP contribution < -0.4 is 22.9 Å². The summed E-state index contributed by atoms with van der Waals surface area (Å²) in [5, 5.41) is 0. The van der Waals surface area contributed by atoms with Gasteiger partial charge >= 0.3 is 5.97 Å². The predicted octanol–water partition coefficient (Wildman–Crippen LogP) is -0.531. The number of esters is 1. The molecule has 1 amide bonds. The lowest BCUT2D eigenvalue weighted by molar-refractivity contribution is -0.408. The Labute approximate surface area is 191 Å². The third-order valence-corrected chi connectivity index (χ3v) is 4.99. The van der Waals surface area contributed by atoms with Gasteiger partial charge in [0.15, 0.2) is 6.04 Å². The van der Waals surface area contributed by atoms with Crippen molar-refractivity contribution < 1.29 is 37.2 Å². The van der Waals surface area contributed by atoms with Crippen LogP contribution in [-0.2, 0) is 27.4 Å². The Morgan fingerprint density at radius 2 is 1.61 bits per heavy atom. The summed E-state index contributed by atoms with van der Waals surface area (Å²) in [6.45, 7) is 4.58. The number of halogens is 1. The van der Waals surface area contributed by atoms with Crippen molar-refractivity contribution in [2.24, 2.45) is 5.92 Å². The van der Waals surface area contributed by atoms with Crippen molar-refractivity contribution >= 4 is 11.9 Å². The molecule has 3 N–H and O–H groups in total. The van der Waals surface area contributed by atoms with Crippen LogP contribution in [0.3, 0.4) is 0 Å². The van der Waals surface area contributed by atoms with Gasteiger partial charge in [-0.1, -0.05) is 56.3 Å². The van der Waals surface area contributed by atoms with Gasteiger partial charge in [-0.25, -0.2) is 4.79 Å². The molecule has 0 aromatic heterocycles. The zero-order valence-corrected chi connectivity index (χ0v) is 19.5. The number of rotatable bonds is 10. The molecule has 2 aromatic carbocycles. The number of nitrogens with zero attached hydrogens (tertiary/aromatic N) is 1. The highest BCUT2D eigenvalue weighted by Crippen LogP contribution is 2.17. The summed E-state index contributed by atoms with van der Waals surface area (Å²) in [5.74, 6) is 0.509. The van der Waals surface area contributed by atoms with Crippen LogP contribution in [0, 0.1) is 5.92 Å². The fourth-order valence-electron chi connectivity index (χ4n) is 3.31. The molecule has 2 aromatic rings. The van der Waals surface area contributed by atoms with E-state index >= 15 is 0 Å². The average molecular weight is 449 g/mol. The lowest BCUT2D eigenvalue weighted by atomic mass is 10.0. The first kappa shape index (κ1) is 26.5. The third-order valence-electron chi connectivity index (χ3n) is 4.99. The Balaban J connectivity index is 0.00000480. The topological polar surface area (TPSA) is 83.5 Å². The highest BCUT2D eigenvalue weighted by Gasteiger charge is 2.32. The van der Waals surface area contributed by atoms with Crippen LogP contribution in [0.4, 0.5) is 0 Å². The lowest BCUT2D eigenvalue weighted by Crippen LogP contribution is -3.00. The first-order chi connectivity index (χ1) is 14.3. The number of hydrogen-bond acceptors (Lipinski definition) is 4. The minimum Gasteiger partial charge on any atom is -1.00 e. The maximum Gasteiger partial charge on any atom is 0.328 e. The molecule has 0 heterocycles. The van der Waals surface area contributed by atoms with Crippen LogP contribution in [-0.4, -0.2) is 43.0 Å². The van der Waals surface area contributed by atoms with Crippen molar-refractivity contribution in [3.8, 4) is 5.75 Å². The molecular weight excluding hydrogens is 416 g/mol. The number of amides is 1. The lowest BCUT2D eigenvalue weighted by Gasteiger charge is -2.27. The van der Waals surface area contributed by atoms with Gasteiger partial charge in [0.1, 0.15) is 18.4 Å². The molecule has 0 spiro atoms. The van der Waals surface area contributed by atoms with Crippen LogP contribution in [0.2, 0.25) is 0 Å². The van der Waals surface area contributed by atoms with Crippen molar-refractivity contribution in [3.05, 3.63) is 65.7 Å². The van der Waals surface area contributed by atoms with Gasteiger partial charge in [-0.2, -0.15) is 0 Å². The molecule has 0 fully saturated rings. The van der Waals surface area contributed by atoms with E-state index in [2.05, 4.69) is 5.73 Å². The molecule has 2 rings (SSSR count). The standard InChI is InChI=1S/C24H32N2O4.ClH/c1-17(2)14-21(25)23(27)26(3)22(24(28)29-4)15-18-10-12-20(13-11-18)30-16-19-8-6-5-7-9-19;/h5-13,17,21-22H,14-16,25H2,1-4H3;1H/t21-,22-;/m0./s1. The number of carbonyl (C=O) groups is 2. The fraction of sp³-hybridized carbons (Fsp3) is 0.417. The van der Waals surface area contributed by atoms with Gasteiger partial charge in [-0.05, 0) is 29.2 Å². The van der Waals surface area contributed by atoms with Crippen LogP contribution in [0.1, 0.15) is 31.4 Å². The van der Waals surface area contributed by atoms with Crippen LogP contribution in [0.15, 0.2) is 54.6 Å². The highest BCUT2D eigenvalue weighted by molar-refractivity contribution is 5.86. The second-order valence-corrected chi connectivity index (χ2v) is 7.94. The van der Waals surface area contributed by atoms with Crippen molar-refractivity contribution in [2.75, 3.05) is 14.2 Å². The van der Waals surface area contributed by atoms with E-state index in [1.165, 1.54) is 12.0 Å². The van der Waals surface area contributed by atoms with Crippen LogP contribution in [0.5, 0.6) is 5.75 Å². The van der Waals surface area contributed by atoms with Gasteiger partial charge in [-0.3, -0.25) is 4.79 Å².